The molecule has 0 saturated heterocycles. The van der Waals surface area contributed by atoms with Crippen LogP contribution >= 0.6 is 0 Å². The molecule has 164 valence electrons. The molecule has 1 aromatic heterocycles. The zero-order chi connectivity index (χ0) is 22.6. The fraction of sp³-hybridized carbons (Fsp3) is 0.320. The molecule has 0 radical (unpaired) electrons. The topological polar surface area (TPSA) is 78.7 Å². The molecule has 5 rings (SSSR count). The maximum Gasteiger partial charge on any atom is 0.290 e. The Hall–Kier alpha value is -3.45. The molecule has 1 amide bonds. The molecule has 0 spiro atoms. The number of nitrogens with zero attached hydrogens (tertiary/aromatic N) is 4. The number of aromatic hydroxyl groups is 1. The lowest BCUT2D eigenvalue weighted by Crippen LogP contribution is -2.58. The van der Waals surface area contributed by atoms with E-state index < -0.39 is 23.3 Å². The van der Waals surface area contributed by atoms with Crippen molar-refractivity contribution in [1.29, 1.82) is 0 Å². The third-order valence-corrected chi connectivity index (χ3v) is 6.62. The van der Waals surface area contributed by atoms with E-state index in [1.807, 2.05) is 31.0 Å². The Bertz CT molecular complexity index is 1220. The molecular formula is C25H26N4O3. The average Bonchev–Trinajstić information content (AvgIpc) is 2.95. The minimum atomic E-state index is -0.656. The Labute approximate surface area is 186 Å². The van der Waals surface area contributed by atoms with E-state index in [-0.39, 0.29) is 17.7 Å². The van der Waals surface area contributed by atoms with E-state index in [0.29, 0.717) is 0 Å². The van der Waals surface area contributed by atoms with Crippen LogP contribution in [0, 0.1) is 0 Å². The number of fused-ring (bicyclic) bond motifs is 3. The number of hydrogen-bond acceptors (Lipinski definition) is 5. The number of hydrazine groups is 1. The predicted molar refractivity (Wildman–Crippen MR) is 120 cm³/mol. The highest BCUT2D eigenvalue weighted by Crippen LogP contribution is 2.45. The first-order valence-corrected chi connectivity index (χ1v) is 10.9. The lowest BCUT2D eigenvalue weighted by atomic mass is 9.84. The molecule has 32 heavy (non-hydrogen) atoms. The van der Waals surface area contributed by atoms with Gasteiger partial charge >= 0.3 is 0 Å². The van der Waals surface area contributed by atoms with Gasteiger partial charge in [-0.05, 0) is 48.9 Å². The maximum atomic E-state index is 13.2. The van der Waals surface area contributed by atoms with Gasteiger partial charge in [-0.1, -0.05) is 48.5 Å². The van der Waals surface area contributed by atoms with Crippen molar-refractivity contribution in [3.05, 3.63) is 92.9 Å². The van der Waals surface area contributed by atoms with Gasteiger partial charge in [0.25, 0.3) is 5.91 Å². The van der Waals surface area contributed by atoms with Crippen LogP contribution in [-0.2, 0) is 12.8 Å². The Kier molecular flexibility index (Phi) is 4.86. The fourth-order valence-electron chi connectivity index (χ4n) is 5.24. The normalized spacial score (nSPS) is 18.8. The summed E-state index contributed by atoms with van der Waals surface area (Å²) in [4.78, 5) is 25.4. The summed E-state index contributed by atoms with van der Waals surface area (Å²) in [5, 5.41) is 18.5. The second-order valence-corrected chi connectivity index (χ2v) is 8.74. The Morgan fingerprint density at radius 3 is 2.09 bits per heavy atom. The second kappa shape index (κ2) is 7.60. The monoisotopic (exact) mass is 430 g/mol. The third kappa shape index (κ3) is 2.96. The zero-order valence-electron chi connectivity index (χ0n) is 18.4. The molecule has 7 nitrogen and oxygen atoms in total. The first-order chi connectivity index (χ1) is 15.4. The van der Waals surface area contributed by atoms with E-state index in [0.717, 1.165) is 19.0 Å². The quantitative estimate of drug-likeness (QED) is 0.676. The van der Waals surface area contributed by atoms with Crippen molar-refractivity contribution in [2.75, 3.05) is 7.05 Å². The van der Waals surface area contributed by atoms with Gasteiger partial charge in [-0.3, -0.25) is 14.6 Å². The van der Waals surface area contributed by atoms with Crippen molar-refractivity contribution >= 4 is 5.91 Å². The summed E-state index contributed by atoms with van der Waals surface area (Å²) in [6, 6.07) is 16.7. The molecule has 0 fully saturated rings. The zero-order valence-corrected chi connectivity index (χ0v) is 18.4. The van der Waals surface area contributed by atoms with Crippen LogP contribution in [0.5, 0.6) is 5.75 Å². The van der Waals surface area contributed by atoms with Crippen LogP contribution in [0.15, 0.2) is 59.5 Å². The summed E-state index contributed by atoms with van der Waals surface area (Å²) in [6.07, 6.45) is 2.49. The molecule has 2 heterocycles. The first-order valence-electron chi connectivity index (χ1n) is 10.9. The third-order valence-electron chi connectivity index (χ3n) is 6.62. The van der Waals surface area contributed by atoms with Crippen LogP contribution in [0.3, 0.4) is 0 Å². The van der Waals surface area contributed by atoms with Crippen LogP contribution in [0.4, 0.5) is 0 Å². The summed E-state index contributed by atoms with van der Waals surface area (Å²) >= 11 is 0. The van der Waals surface area contributed by atoms with E-state index in [9.17, 15) is 14.7 Å². The standard InChI is InChI=1S/C25H26N4O3/c1-15(2)29-24(28-22(25(32)27(29)3)23(31)20(30)14-26-28)21-18-10-6-4-8-16(18)12-13-17-9-5-7-11-19(17)21/h4-11,14-15,21,24,31H,12-13H2,1-3H3/t24-/m1/s1. The number of carbonyl (C=O) groups excluding carboxylic acids is 1. The van der Waals surface area contributed by atoms with Crippen molar-refractivity contribution in [2.45, 2.75) is 44.8 Å². The summed E-state index contributed by atoms with van der Waals surface area (Å²) in [5.41, 5.74) is 4.12. The smallest absolute Gasteiger partial charge is 0.290 e. The van der Waals surface area contributed by atoms with Gasteiger partial charge in [-0.25, -0.2) is 4.68 Å². The van der Waals surface area contributed by atoms with Gasteiger partial charge in [0.2, 0.25) is 5.43 Å². The fourth-order valence-corrected chi connectivity index (χ4v) is 5.24. The van der Waals surface area contributed by atoms with Gasteiger partial charge in [-0.2, -0.15) is 10.1 Å². The van der Waals surface area contributed by atoms with Crippen LogP contribution in [-0.4, -0.2) is 43.9 Å². The summed E-state index contributed by atoms with van der Waals surface area (Å²) in [6.45, 7) is 4.05. The van der Waals surface area contributed by atoms with Gasteiger partial charge in [0.05, 0.1) is 6.20 Å². The van der Waals surface area contributed by atoms with E-state index in [2.05, 4.69) is 41.5 Å². The Morgan fingerprint density at radius 1 is 0.969 bits per heavy atom. The minimum absolute atomic E-state index is 0.0342. The highest BCUT2D eigenvalue weighted by atomic mass is 16.3. The van der Waals surface area contributed by atoms with E-state index in [4.69, 9.17) is 0 Å². The largest absolute Gasteiger partial charge is 0.502 e. The minimum Gasteiger partial charge on any atom is -0.502 e. The van der Waals surface area contributed by atoms with Gasteiger partial charge in [0.1, 0.15) is 6.17 Å². The predicted octanol–water partition coefficient (Wildman–Crippen LogP) is 3.09. The molecule has 1 aliphatic carbocycles. The molecule has 0 saturated carbocycles. The Morgan fingerprint density at radius 2 is 1.53 bits per heavy atom. The summed E-state index contributed by atoms with van der Waals surface area (Å²) in [7, 11) is 1.68. The molecule has 0 unspecified atom stereocenters. The Balaban J connectivity index is 1.85. The lowest BCUT2D eigenvalue weighted by Gasteiger charge is -2.48. The molecule has 0 bridgehead atoms. The van der Waals surface area contributed by atoms with Gasteiger partial charge in [-0.15, -0.1) is 0 Å². The van der Waals surface area contributed by atoms with Crippen LogP contribution in [0.25, 0.3) is 0 Å². The number of carbonyl (C=O) groups is 1. The highest BCUT2D eigenvalue weighted by molar-refractivity contribution is 5.95. The van der Waals surface area contributed by atoms with Crippen LogP contribution < -0.4 is 5.43 Å². The maximum absolute atomic E-state index is 13.2. The number of benzene rings is 2. The van der Waals surface area contributed by atoms with Crippen molar-refractivity contribution in [2.24, 2.45) is 0 Å². The van der Waals surface area contributed by atoms with Gasteiger partial charge in [0.15, 0.2) is 11.4 Å². The number of hydrogen-bond donors (Lipinski definition) is 1. The molecule has 2 aliphatic rings. The van der Waals surface area contributed by atoms with Crippen molar-refractivity contribution in [1.82, 2.24) is 19.8 Å². The summed E-state index contributed by atoms with van der Waals surface area (Å²) < 4.78 is 1.54. The number of aromatic nitrogens is 2. The molecule has 3 aromatic rings. The number of rotatable bonds is 2. The molecule has 7 heteroatoms. The number of amides is 1. The van der Waals surface area contributed by atoms with Crippen molar-refractivity contribution in [3.63, 3.8) is 0 Å². The van der Waals surface area contributed by atoms with E-state index in [1.54, 1.807) is 11.7 Å². The van der Waals surface area contributed by atoms with Gasteiger partial charge in [0, 0.05) is 19.0 Å². The van der Waals surface area contributed by atoms with Gasteiger partial charge < -0.3 is 5.11 Å². The molecule has 2 aromatic carbocycles. The molecule has 1 atom stereocenters. The molecule has 1 aliphatic heterocycles. The SMILES string of the molecule is CC(C)N1[C@H](C2c3ccccc3CCc3ccccc32)n2ncc(=O)c(O)c2C(=O)N1C. The van der Waals surface area contributed by atoms with Crippen molar-refractivity contribution < 1.29 is 9.90 Å². The second-order valence-electron chi connectivity index (χ2n) is 8.74. The molecule has 1 N–H and O–H groups in total. The summed E-state index contributed by atoms with van der Waals surface area (Å²) in [5.74, 6) is -1.16. The van der Waals surface area contributed by atoms with Crippen molar-refractivity contribution in [3.8, 4) is 5.75 Å². The first kappa shape index (κ1) is 20.5. The van der Waals surface area contributed by atoms with E-state index in [1.165, 1.54) is 27.3 Å². The van der Waals surface area contributed by atoms with Crippen LogP contribution in [0.1, 0.15) is 58.7 Å². The molecular weight excluding hydrogens is 404 g/mol. The van der Waals surface area contributed by atoms with Crippen LogP contribution in [0.2, 0.25) is 0 Å². The van der Waals surface area contributed by atoms with E-state index >= 15 is 0 Å². The highest BCUT2D eigenvalue weighted by Gasteiger charge is 2.45. The number of aryl methyl sites for hydroxylation is 2. The lowest BCUT2D eigenvalue weighted by molar-refractivity contribution is -0.0941. The average molecular weight is 431 g/mol.